The van der Waals surface area contributed by atoms with Crippen LogP contribution >= 0.6 is 0 Å². The monoisotopic (exact) mass is 391 g/mol. The third-order valence-electron chi connectivity index (χ3n) is 5.67. The molecule has 0 radical (unpaired) electrons. The molecular weight excluding hydrogens is 362 g/mol. The fourth-order valence-electron chi connectivity index (χ4n) is 4.01. The number of aromatic nitrogens is 2. The van der Waals surface area contributed by atoms with Crippen molar-refractivity contribution in [2.75, 3.05) is 44.6 Å². The van der Waals surface area contributed by atoms with Gasteiger partial charge in [0.05, 0.1) is 6.54 Å². The minimum absolute atomic E-state index is 0.0563. The zero-order valence-electron chi connectivity index (χ0n) is 17.1. The molecule has 0 bridgehead atoms. The third-order valence-corrected chi connectivity index (χ3v) is 5.67. The van der Waals surface area contributed by atoms with Gasteiger partial charge in [-0.1, -0.05) is 43.3 Å². The molecule has 1 fully saturated rings. The predicted molar refractivity (Wildman–Crippen MR) is 117 cm³/mol. The van der Waals surface area contributed by atoms with Crippen molar-refractivity contribution >= 4 is 22.4 Å². The van der Waals surface area contributed by atoms with Gasteiger partial charge in [-0.2, -0.15) is 0 Å². The van der Waals surface area contributed by atoms with Gasteiger partial charge < -0.3 is 9.88 Å². The number of carbonyl (C=O) groups excluding carboxylic acids is 1. The van der Waals surface area contributed by atoms with Crippen molar-refractivity contribution in [3.05, 3.63) is 60.7 Å². The molecule has 1 amide bonds. The van der Waals surface area contributed by atoms with Crippen LogP contribution in [0.15, 0.2) is 54.9 Å². The van der Waals surface area contributed by atoms with Gasteiger partial charge in [0, 0.05) is 69.2 Å². The highest BCUT2D eigenvalue weighted by Gasteiger charge is 2.19. The summed E-state index contributed by atoms with van der Waals surface area (Å²) in [6.45, 7) is 8.43. The van der Waals surface area contributed by atoms with E-state index in [-0.39, 0.29) is 5.91 Å². The Morgan fingerprint density at radius 3 is 2.59 bits per heavy atom. The molecule has 1 saturated heterocycles. The van der Waals surface area contributed by atoms with Crippen molar-refractivity contribution < 1.29 is 4.79 Å². The van der Waals surface area contributed by atoms with E-state index in [4.69, 9.17) is 0 Å². The molecule has 0 saturated carbocycles. The van der Waals surface area contributed by atoms with Crippen LogP contribution in [0.5, 0.6) is 0 Å². The number of hydrogen-bond acceptors (Lipinski definition) is 4. The zero-order chi connectivity index (χ0) is 20.1. The Bertz CT molecular complexity index is 953. The maximum absolute atomic E-state index is 12.6. The molecule has 152 valence electrons. The van der Waals surface area contributed by atoms with Gasteiger partial charge in [0.1, 0.15) is 5.82 Å². The summed E-state index contributed by atoms with van der Waals surface area (Å²) in [7, 11) is 0. The summed E-state index contributed by atoms with van der Waals surface area (Å²) in [5.74, 6) is 1.20. The van der Waals surface area contributed by atoms with Crippen LogP contribution in [0, 0.1) is 0 Å². The van der Waals surface area contributed by atoms with Crippen molar-refractivity contribution in [2.24, 2.45) is 0 Å². The van der Waals surface area contributed by atoms with Crippen LogP contribution in [0.2, 0.25) is 0 Å². The van der Waals surface area contributed by atoms with E-state index in [1.54, 1.807) is 0 Å². The molecule has 0 aliphatic carbocycles. The summed E-state index contributed by atoms with van der Waals surface area (Å²) >= 11 is 0. The van der Waals surface area contributed by atoms with Crippen LogP contribution in [0.1, 0.15) is 12.7 Å². The van der Waals surface area contributed by atoms with Crippen molar-refractivity contribution in [3.63, 3.8) is 0 Å². The Morgan fingerprint density at radius 2 is 1.76 bits per heavy atom. The van der Waals surface area contributed by atoms with Crippen molar-refractivity contribution in [1.82, 2.24) is 19.4 Å². The highest BCUT2D eigenvalue weighted by atomic mass is 16.2. The molecule has 3 aromatic rings. The molecule has 0 spiro atoms. The number of nitrogens with zero attached hydrogens (tertiary/aromatic N) is 4. The number of hydrogen-bond donors (Lipinski definition) is 1. The van der Waals surface area contributed by atoms with E-state index in [9.17, 15) is 4.79 Å². The maximum Gasteiger partial charge on any atom is 0.238 e. The fraction of sp³-hybridized carbons (Fsp3) is 0.391. The number of piperazine rings is 1. The molecule has 1 aliphatic rings. The molecular formula is C23H29N5O. The number of benzene rings is 2. The van der Waals surface area contributed by atoms with E-state index in [0.717, 1.165) is 68.0 Å². The lowest BCUT2D eigenvalue weighted by Crippen LogP contribution is -2.49. The average Bonchev–Trinajstić information content (AvgIpc) is 3.21. The largest absolute Gasteiger partial charge is 0.334 e. The Morgan fingerprint density at radius 1 is 1.00 bits per heavy atom. The highest BCUT2D eigenvalue weighted by molar-refractivity contribution is 6.02. The molecule has 2 heterocycles. The molecule has 1 aliphatic heterocycles. The van der Waals surface area contributed by atoms with Crippen molar-refractivity contribution in [1.29, 1.82) is 0 Å². The second-order valence-corrected chi connectivity index (χ2v) is 7.58. The van der Waals surface area contributed by atoms with Crippen LogP contribution < -0.4 is 5.32 Å². The molecule has 6 heteroatoms. The minimum atomic E-state index is 0.0563. The van der Waals surface area contributed by atoms with E-state index in [1.807, 2.05) is 36.5 Å². The SMILES string of the molecule is CCc1nccn1CCN1CCN(CC(=O)Nc2cccc3ccccc23)CC1. The summed E-state index contributed by atoms with van der Waals surface area (Å²) in [5.41, 5.74) is 0.888. The first-order chi connectivity index (χ1) is 14.2. The van der Waals surface area contributed by atoms with Gasteiger partial charge in [0.2, 0.25) is 5.91 Å². The van der Waals surface area contributed by atoms with Gasteiger partial charge in [-0.05, 0) is 11.5 Å². The number of amides is 1. The topological polar surface area (TPSA) is 53.4 Å². The van der Waals surface area contributed by atoms with Crippen LogP contribution in [-0.2, 0) is 17.8 Å². The highest BCUT2D eigenvalue weighted by Crippen LogP contribution is 2.22. The van der Waals surface area contributed by atoms with E-state index < -0.39 is 0 Å². The second kappa shape index (κ2) is 9.20. The first kappa shape index (κ1) is 19.6. The van der Waals surface area contributed by atoms with Crippen molar-refractivity contribution in [2.45, 2.75) is 19.9 Å². The number of fused-ring (bicyclic) bond motifs is 1. The fourth-order valence-corrected chi connectivity index (χ4v) is 4.01. The molecule has 29 heavy (non-hydrogen) atoms. The summed E-state index contributed by atoms with van der Waals surface area (Å²) < 4.78 is 2.24. The normalized spacial score (nSPS) is 15.6. The Kier molecular flexibility index (Phi) is 6.22. The minimum Gasteiger partial charge on any atom is -0.334 e. The Labute approximate surface area is 172 Å². The lowest BCUT2D eigenvalue weighted by molar-refractivity contribution is -0.117. The predicted octanol–water partition coefficient (Wildman–Crippen LogP) is 2.86. The maximum atomic E-state index is 12.6. The molecule has 1 aromatic heterocycles. The third kappa shape index (κ3) is 4.83. The number of nitrogens with one attached hydrogen (secondary N) is 1. The second-order valence-electron chi connectivity index (χ2n) is 7.58. The first-order valence-corrected chi connectivity index (χ1v) is 10.5. The van der Waals surface area contributed by atoms with Gasteiger partial charge in [-0.3, -0.25) is 14.6 Å². The van der Waals surface area contributed by atoms with Crippen molar-refractivity contribution in [3.8, 4) is 0 Å². The number of anilines is 1. The Hall–Kier alpha value is -2.70. The first-order valence-electron chi connectivity index (χ1n) is 10.5. The molecule has 1 N–H and O–H groups in total. The van der Waals surface area contributed by atoms with Crippen LogP contribution in [0.4, 0.5) is 5.69 Å². The molecule has 6 nitrogen and oxygen atoms in total. The van der Waals surface area contributed by atoms with Gasteiger partial charge in [-0.25, -0.2) is 4.98 Å². The van der Waals surface area contributed by atoms with Crippen LogP contribution in [0.3, 0.4) is 0 Å². The lowest BCUT2D eigenvalue weighted by atomic mass is 10.1. The summed E-state index contributed by atoms with van der Waals surface area (Å²) in [6, 6.07) is 14.2. The Balaban J connectivity index is 1.24. The lowest BCUT2D eigenvalue weighted by Gasteiger charge is -2.34. The summed E-state index contributed by atoms with van der Waals surface area (Å²) in [6.07, 6.45) is 4.91. The zero-order valence-corrected chi connectivity index (χ0v) is 17.1. The quantitative estimate of drug-likeness (QED) is 0.673. The van der Waals surface area contributed by atoms with E-state index >= 15 is 0 Å². The molecule has 2 aromatic carbocycles. The number of rotatable bonds is 7. The molecule has 4 rings (SSSR count). The van der Waals surface area contributed by atoms with Gasteiger partial charge >= 0.3 is 0 Å². The van der Waals surface area contributed by atoms with E-state index in [2.05, 4.69) is 49.9 Å². The van der Waals surface area contributed by atoms with Gasteiger partial charge in [-0.15, -0.1) is 0 Å². The van der Waals surface area contributed by atoms with Gasteiger partial charge in [0.15, 0.2) is 0 Å². The standard InChI is InChI=1S/C23H29N5O/c1-2-22-24-10-11-28(22)17-16-26-12-14-27(15-13-26)18-23(29)25-21-9-5-7-19-6-3-4-8-20(19)21/h3-11H,2,12-18H2,1H3,(H,25,29). The summed E-state index contributed by atoms with van der Waals surface area (Å²) in [5, 5.41) is 5.32. The van der Waals surface area contributed by atoms with Crippen LogP contribution in [-0.4, -0.2) is 64.5 Å². The van der Waals surface area contributed by atoms with E-state index in [1.165, 1.54) is 0 Å². The molecule has 0 atom stereocenters. The number of aryl methyl sites for hydroxylation is 1. The number of carbonyl (C=O) groups is 1. The summed E-state index contributed by atoms with van der Waals surface area (Å²) in [4.78, 5) is 21.7. The number of imidazole rings is 1. The van der Waals surface area contributed by atoms with Crippen LogP contribution in [0.25, 0.3) is 10.8 Å². The van der Waals surface area contributed by atoms with Gasteiger partial charge in [0.25, 0.3) is 0 Å². The van der Waals surface area contributed by atoms with E-state index in [0.29, 0.717) is 6.54 Å². The average molecular weight is 392 g/mol. The smallest absolute Gasteiger partial charge is 0.238 e. The molecule has 0 unspecified atom stereocenters.